The highest BCUT2D eigenvalue weighted by molar-refractivity contribution is 5.39. The van der Waals surface area contributed by atoms with Crippen LogP contribution < -0.4 is 10.5 Å². The van der Waals surface area contributed by atoms with Crippen molar-refractivity contribution >= 4 is 5.69 Å². The van der Waals surface area contributed by atoms with Crippen LogP contribution in [-0.2, 0) is 0 Å². The van der Waals surface area contributed by atoms with Crippen LogP contribution in [0, 0.1) is 5.82 Å². The summed E-state index contributed by atoms with van der Waals surface area (Å²) in [6.45, 7) is 0.0629. The smallest absolute Gasteiger partial charge is 0.126 e. The first-order chi connectivity index (χ1) is 8.65. The van der Waals surface area contributed by atoms with E-state index in [1.165, 1.54) is 12.1 Å². The molecule has 0 aliphatic rings. The van der Waals surface area contributed by atoms with E-state index < -0.39 is 6.10 Å². The van der Waals surface area contributed by atoms with Crippen molar-refractivity contribution in [3.63, 3.8) is 0 Å². The summed E-state index contributed by atoms with van der Waals surface area (Å²) in [5.41, 5.74) is 6.90. The van der Waals surface area contributed by atoms with Gasteiger partial charge in [0.25, 0.3) is 0 Å². The number of aliphatic hydroxyl groups is 1. The Morgan fingerprint density at radius 1 is 1.17 bits per heavy atom. The first kappa shape index (κ1) is 12.4. The second kappa shape index (κ2) is 5.51. The molecule has 0 aliphatic carbocycles. The third kappa shape index (κ3) is 3.21. The van der Waals surface area contributed by atoms with E-state index in [9.17, 15) is 9.50 Å². The first-order valence-electron chi connectivity index (χ1n) is 5.57. The van der Waals surface area contributed by atoms with E-state index in [1.807, 2.05) is 0 Å². The average molecular weight is 247 g/mol. The van der Waals surface area contributed by atoms with Gasteiger partial charge in [-0.15, -0.1) is 0 Å². The van der Waals surface area contributed by atoms with Crippen molar-refractivity contribution in [3.05, 3.63) is 59.9 Å². The molecule has 0 radical (unpaired) electrons. The average Bonchev–Trinajstić information content (AvgIpc) is 2.37. The third-order valence-electron chi connectivity index (χ3n) is 2.53. The van der Waals surface area contributed by atoms with Gasteiger partial charge in [0, 0.05) is 11.8 Å². The summed E-state index contributed by atoms with van der Waals surface area (Å²) in [6, 6.07) is 12.7. The van der Waals surface area contributed by atoms with Crippen LogP contribution in [-0.4, -0.2) is 11.7 Å². The van der Waals surface area contributed by atoms with Crippen molar-refractivity contribution in [2.24, 2.45) is 0 Å². The molecule has 0 saturated carbocycles. The minimum absolute atomic E-state index is 0.0629. The third-order valence-corrected chi connectivity index (χ3v) is 2.53. The standard InChI is InChI=1S/C14H14FNO2/c15-11-2-1-3-13(8-11)18-9-14(17)10-4-6-12(16)7-5-10/h1-8,14,17H,9,16H2. The number of rotatable bonds is 4. The van der Waals surface area contributed by atoms with Gasteiger partial charge in [0.15, 0.2) is 0 Å². The number of ether oxygens (including phenoxy) is 1. The van der Waals surface area contributed by atoms with Crippen LogP contribution in [0.2, 0.25) is 0 Å². The fourth-order valence-electron chi connectivity index (χ4n) is 1.55. The summed E-state index contributed by atoms with van der Waals surface area (Å²) >= 11 is 0. The topological polar surface area (TPSA) is 55.5 Å². The molecule has 94 valence electrons. The fraction of sp³-hybridized carbons (Fsp3) is 0.143. The lowest BCUT2D eigenvalue weighted by molar-refractivity contribution is 0.108. The van der Waals surface area contributed by atoms with Crippen molar-refractivity contribution in [1.29, 1.82) is 0 Å². The molecule has 3 nitrogen and oxygen atoms in total. The van der Waals surface area contributed by atoms with Crippen molar-refractivity contribution < 1.29 is 14.2 Å². The summed E-state index contributed by atoms with van der Waals surface area (Å²) in [5.74, 6) is 0.0268. The maximum absolute atomic E-state index is 12.9. The zero-order valence-electron chi connectivity index (χ0n) is 9.71. The van der Waals surface area contributed by atoms with Crippen molar-refractivity contribution in [2.75, 3.05) is 12.3 Å². The van der Waals surface area contributed by atoms with Crippen LogP contribution in [0.3, 0.4) is 0 Å². The highest BCUT2D eigenvalue weighted by Gasteiger charge is 2.08. The maximum Gasteiger partial charge on any atom is 0.126 e. The van der Waals surface area contributed by atoms with Crippen molar-refractivity contribution in [2.45, 2.75) is 6.10 Å². The van der Waals surface area contributed by atoms with E-state index in [1.54, 1.807) is 36.4 Å². The number of anilines is 1. The Morgan fingerprint density at radius 2 is 1.89 bits per heavy atom. The molecule has 0 bridgehead atoms. The first-order valence-corrected chi connectivity index (χ1v) is 5.57. The van der Waals surface area contributed by atoms with E-state index in [0.717, 1.165) is 0 Å². The molecule has 2 rings (SSSR count). The molecule has 18 heavy (non-hydrogen) atoms. The predicted octanol–water partition coefficient (Wildman–Crippen LogP) is 2.52. The minimum atomic E-state index is -0.770. The van der Waals surface area contributed by atoms with Gasteiger partial charge in [0.1, 0.15) is 24.3 Å². The SMILES string of the molecule is Nc1ccc(C(O)COc2cccc(F)c2)cc1. The zero-order valence-corrected chi connectivity index (χ0v) is 9.71. The van der Waals surface area contributed by atoms with Crippen molar-refractivity contribution in [1.82, 2.24) is 0 Å². The van der Waals surface area contributed by atoms with Gasteiger partial charge in [-0.2, -0.15) is 0 Å². The lowest BCUT2D eigenvalue weighted by Gasteiger charge is -2.12. The molecule has 0 aliphatic heterocycles. The Morgan fingerprint density at radius 3 is 2.56 bits per heavy atom. The van der Waals surface area contributed by atoms with Gasteiger partial charge in [-0.25, -0.2) is 4.39 Å². The Hall–Kier alpha value is -2.07. The highest BCUT2D eigenvalue weighted by atomic mass is 19.1. The molecule has 4 heteroatoms. The molecule has 0 fully saturated rings. The van der Waals surface area contributed by atoms with Crippen molar-refractivity contribution in [3.8, 4) is 5.75 Å². The Kier molecular flexibility index (Phi) is 3.79. The van der Waals surface area contributed by atoms with Gasteiger partial charge in [-0.3, -0.25) is 0 Å². The molecular formula is C14H14FNO2. The monoisotopic (exact) mass is 247 g/mol. The van der Waals surface area contributed by atoms with Crippen LogP contribution in [0.1, 0.15) is 11.7 Å². The molecule has 2 aromatic carbocycles. The normalized spacial score (nSPS) is 12.1. The van der Waals surface area contributed by atoms with Gasteiger partial charge >= 0.3 is 0 Å². The van der Waals surface area contributed by atoms with Gasteiger partial charge in [0.2, 0.25) is 0 Å². The molecule has 3 N–H and O–H groups in total. The number of halogens is 1. The second-order valence-corrected chi connectivity index (χ2v) is 3.95. The Bertz CT molecular complexity index is 513. The lowest BCUT2D eigenvalue weighted by atomic mass is 10.1. The molecule has 2 aromatic rings. The van der Waals surface area contributed by atoms with Gasteiger partial charge in [-0.05, 0) is 29.8 Å². The number of nitrogens with two attached hydrogens (primary N) is 1. The van der Waals surface area contributed by atoms with Crippen LogP contribution >= 0.6 is 0 Å². The molecule has 1 unspecified atom stereocenters. The summed E-state index contributed by atoms with van der Waals surface area (Å²) < 4.78 is 18.2. The van der Waals surface area contributed by atoms with E-state index in [2.05, 4.69) is 0 Å². The van der Waals surface area contributed by atoms with E-state index in [-0.39, 0.29) is 12.4 Å². The van der Waals surface area contributed by atoms with Gasteiger partial charge in [0.05, 0.1) is 0 Å². The number of hydrogen-bond acceptors (Lipinski definition) is 3. The van der Waals surface area contributed by atoms with Gasteiger partial charge < -0.3 is 15.6 Å². The number of benzene rings is 2. The van der Waals surface area contributed by atoms with E-state index in [0.29, 0.717) is 17.0 Å². The lowest BCUT2D eigenvalue weighted by Crippen LogP contribution is -2.09. The maximum atomic E-state index is 12.9. The number of nitrogen functional groups attached to an aromatic ring is 1. The Balaban J connectivity index is 1.96. The summed E-state index contributed by atoms with van der Waals surface area (Å²) in [5, 5.41) is 9.88. The fourth-order valence-corrected chi connectivity index (χ4v) is 1.55. The molecule has 0 aromatic heterocycles. The Labute approximate surface area is 105 Å². The van der Waals surface area contributed by atoms with E-state index in [4.69, 9.17) is 10.5 Å². The van der Waals surface area contributed by atoms with E-state index >= 15 is 0 Å². The number of aliphatic hydroxyl groups excluding tert-OH is 1. The minimum Gasteiger partial charge on any atom is -0.490 e. The summed E-state index contributed by atoms with van der Waals surface area (Å²) in [4.78, 5) is 0. The van der Waals surface area contributed by atoms with Gasteiger partial charge in [-0.1, -0.05) is 18.2 Å². The zero-order chi connectivity index (χ0) is 13.0. The molecule has 0 spiro atoms. The van der Waals surface area contributed by atoms with Crippen LogP contribution in [0.4, 0.5) is 10.1 Å². The molecule has 0 heterocycles. The predicted molar refractivity (Wildman–Crippen MR) is 67.7 cm³/mol. The van der Waals surface area contributed by atoms with Crippen LogP contribution in [0.5, 0.6) is 5.75 Å². The van der Waals surface area contributed by atoms with Crippen LogP contribution in [0.15, 0.2) is 48.5 Å². The molecule has 1 atom stereocenters. The second-order valence-electron chi connectivity index (χ2n) is 3.95. The molecular weight excluding hydrogens is 233 g/mol. The largest absolute Gasteiger partial charge is 0.490 e. The molecule has 0 amide bonds. The highest BCUT2D eigenvalue weighted by Crippen LogP contribution is 2.18. The van der Waals surface area contributed by atoms with Crippen LogP contribution in [0.25, 0.3) is 0 Å². The molecule has 0 saturated heterocycles. The quantitative estimate of drug-likeness (QED) is 0.816. The summed E-state index contributed by atoms with van der Waals surface area (Å²) in [6.07, 6.45) is -0.770. The number of hydrogen-bond donors (Lipinski definition) is 2. The summed E-state index contributed by atoms with van der Waals surface area (Å²) in [7, 11) is 0.